The molecule has 0 N–H and O–H groups in total. The number of nitroso groups, excluding NO2 is 1. The van der Waals surface area contributed by atoms with E-state index in [1.54, 1.807) is 7.05 Å². The minimum atomic E-state index is 0.583. The van der Waals surface area contributed by atoms with Gasteiger partial charge in [-0.2, -0.15) is 0 Å². The van der Waals surface area contributed by atoms with Gasteiger partial charge in [-0.15, -0.1) is 16.5 Å². The fourth-order valence-corrected chi connectivity index (χ4v) is 0.449. The maximum Gasteiger partial charge on any atom is 0.0521 e. The van der Waals surface area contributed by atoms with Crippen molar-refractivity contribution in [3.63, 3.8) is 0 Å². The molecule has 0 saturated heterocycles. The summed E-state index contributed by atoms with van der Waals surface area (Å²) in [7, 11) is 1.62. The summed E-state index contributed by atoms with van der Waals surface area (Å²) < 4.78 is 0. The maximum atomic E-state index is 9.64. The zero-order valence-corrected chi connectivity index (χ0v) is 5.56. The molecule has 3 nitrogen and oxygen atoms in total. The van der Waals surface area contributed by atoms with Crippen LogP contribution in [0.2, 0.25) is 0 Å². The SMILES string of the molecule is CN(CCCCl)N=O. The third kappa shape index (κ3) is 3.87. The van der Waals surface area contributed by atoms with Gasteiger partial charge in [-0.3, -0.25) is 5.01 Å². The monoisotopic (exact) mass is 136 g/mol. The zero-order valence-electron chi connectivity index (χ0n) is 4.80. The number of hydrogen-bond donors (Lipinski definition) is 0. The summed E-state index contributed by atoms with van der Waals surface area (Å²) in [5.41, 5.74) is 0. The summed E-state index contributed by atoms with van der Waals surface area (Å²) in [5, 5.41) is 3.97. The lowest BCUT2D eigenvalue weighted by molar-refractivity contribution is 0.350. The van der Waals surface area contributed by atoms with Crippen molar-refractivity contribution in [2.24, 2.45) is 5.29 Å². The molecule has 0 aliphatic heterocycles. The minimum absolute atomic E-state index is 0.583. The Labute approximate surface area is 53.6 Å². The van der Waals surface area contributed by atoms with Gasteiger partial charge < -0.3 is 0 Å². The Morgan fingerprint density at radius 3 is 2.75 bits per heavy atom. The largest absolute Gasteiger partial charge is 0.264 e. The van der Waals surface area contributed by atoms with Crippen molar-refractivity contribution in [1.82, 2.24) is 5.01 Å². The minimum Gasteiger partial charge on any atom is -0.264 e. The number of halogens is 1. The lowest BCUT2D eigenvalue weighted by atomic mass is 10.5. The summed E-state index contributed by atoms with van der Waals surface area (Å²) in [6.07, 6.45) is 0.809. The van der Waals surface area contributed by atoms with Crippen LogP contribution in [0.3, 0.4) is 0 Å². The van der Waals surface area contributed by atoms with Crippen LogP contribution in [0.1, 0.15) is 6.42 Å². The van der Waals surface area contributed by atoms with Gasteiger partial charge >= 0.3 is 0 Å². The molecule has 0 heterocycles. The van der Waals surface area contributed by atoms with E-state index in [1.165, 1.54) is 5.01 Å². The molecule has 0 spiro atoms. The topological polar surface area (TPSA) is 32.7 Å². The van der Waals surface area contributed by atoms with Crippen molar-refractivity contribution in [2.45, 2.75) is 6.42 Å². The van der Waals surface area contributed by atoms with Gasteiger partial charge in [0.1, 0.15) is 0 Å². The first-order valence-electron chi connectivity index (χ1n) is 2.41. The highest BCUT2D eigenvalue weighted by Gasteiger charge is 1.90. The van der Waals surface area contributed by atoms with Crippen LogP contribution in [-0.2, 0) is 0 Å². The molecule has 4 heteroatoms. The third-order valence-corrected chi connectivity index (χ3v) is 1.02. The molecular weight excluding hydrogens is 128 g/mol. The Kier molecular flexibility index (Phi) is 4.65. The van der Waals surface area contributed by atoms with Crippen molar-refractivity contribution in [3.05, 3.63) is 4.91 Å². The van der Waals surface area contributed by atoms with Crippen LogP contribution in [0.15, 0.2) is 5.29 Å². The standard InChI is InChI=1S/C4H9ClN2O/c1-7(6-8)4-2-3-5/h2-4H2,1H3. The molecule has 0 aromatic rings. The van der Waals surface area contributed by atoms with Crippen LogP contribution < -0.4 is 0 Å². The van der Waals surface area contributed by atoms with E-state index in [-0.39, 0.29) is 0 Å². The number of nitrogens with zero attached hydrogens (tertiary/aromatic N) is 2. The molecule has 0 aliphatic carbocycles. The molecule has 0 aliphatic rings. The Morgan fingerprint density at radius 2 is 2.38 bits per heavy atom. The van der Waals surface area contributed by atoms with Crippen molar-refractivity contribution in [1.29, 1.82) is 0 Å². The van der Waals surface area contributed by atoms with Gasteiger partial charge in [0.2, 0.25) is 0 Å². The lowest BCUT2D eigenvalue weighted by Gasteiger charge is -2.04. The van der Waals surface area contributed by atoms with Gasteiger partial charge in [0.05, 0.1) is 5.29 Å². The van der Waals surface area contributed by atoms with Crippen molar-refractivity contribution in [2.75, 3.05) is 19.5 Å². The van der Waals surface area contributed by atoms with Gasteiger partial charge in [0.25, 0.3) is 0 Å². The molecule has 0 atom stereocenters. The van der Waals surface area contributed by atoms with Gasteiger partial charge in [-0.05, 0) is 6.42 Å². The molecule has 0 amide bonds. The van der Waals surface area contributed by atoms with Gasteiger partial charge in [0.15, 0.2) is 0 Å². The molecular formula is C4H9ClN2O. The van der Waals surface area contributed by atoms with Gasteiger partial charge in [-0.25, -0.2) is 0 Å². The summed E-state index contributed by atoms with van der Waals surface area (Å²) in [6, 6.07) is 0. The summed E-state index contributed by atoms with van der Waals surface area (Å²) in [6.45, 7) is 0.646. The third-order valence-electron chi connectivity index (χ3n) is 0.755. The molecule has 0 bridgehead atoms. The van der Waals surface area contributed by atoms with Crippen LogP contribution in [0.25, 0.3) is 0 Å². The quantitative estimate of drug-likeness (QED) is 0.331. The molecule has 0 saturated carbocycles. The van der Waals surface area contributed by atoms with E-state index in [1.807, 2.05) is 0 Å². The smallest absolute Gasteiger partial charge is 0.0521 e. The Hall–Kier alpha value is -0.310. The molecule has 0 aromatic heterocycles. The molecule has 0 radical (unpaired) electrons. The van der Waals surface area contributed by atoms with Crippen LogP contribution in [0.5, 0.6) is 0 Å². The second kappa shape index (κ2) is 4.84. The van der Waals surface area contributed by atoms with Crippen LogP contribution in [0, 0.1) is 4.91 Å². The normalized spacial score (nSPS) is 8.75. The van der Waals surface area contributed by atoms with E-state index < -0.39 is 0 Å². The summed E-state index contributed by atoms with van der Waals surface area (Å²) in [5.74, 6) is 0.583. The maximum absolute atomic E-state index is 9.64. The Bertz CT molecular complexity index is 69.1. The Balaban J connectivity index is 2.98. The van der Waals surface area contributed by atoms with E-state index in [0.29, 0.717) is 12.4 Å². The fraction of sp³-hybridized carbons (Fsp3) is 1.00. The van der Waals surface area contributed by atoms with Gasteiger partial charge in [0, 0.05) is 19.5 Å². The van der Waals surface area contributed by atoms with E-state index >= 15 is 0 Å². The van der Waals surface area contributed by atoms with E-state index in [0.717, 1.165) is 6.42 Å². The molecule has 0 unspecified atom stereocenters. The van der Waals surface area contributed by atoms with Crippen LogP contribution in [-0.4, -0.2) is 24.5 Å². The van der Waals surface area contributed by atoms with E-state index in [4.69, 9.17) is 11.6 Å². The summed E-state index contributed by atoms with van der Waals surface area (Å²) >= 11 is 5.33. The highest BCUT2D eigenvalue weighted by molar-refractivity contribution is 6.17. The number of hydrogen-bond acceptors (Lipinski definition) is 2. The second-order valence-electron chi connectivity index (χ2n) is 1.51. The van der Waals surface area contributed by atoms with Crippen LogP contribution in [0.4, 0.5) is 0 Å². The number of alkyl halides is 1. The molecule has 48 valence electrons. The highest BCUT2D eigenvalue weighted by atomic mass is 35.5. The number of rotatable bonds is 4. The molecule has 8 heavy (non-hydrogen) atoms. The first kappa shape index (κ1) is 7.69. The average Bonchev–Trinajstić information content (AvgIpc) is 1.83. The average molecular weight is 137 g/mol. The zero-order chi connectivity index (χ0) is 6.41. The highest BCUT2D eigenvalue weighted by Crippen LogP contribution is 1.88. The first-order chi connectivity index (χ1) is 3.81. The van der Waals surface area contributed by atoms with E-state index in [2.05, 4.69) is 5.29 Å². The van der Waals surface area contributed by atoms with Gasteiger partial charge in [-0.1, -0.05) is 0 Å². The summed E-state index contributed by atoms with van der Waals surface area (Å²) in [4.78, 5) is 9.64. The second-order valence-corrected chi connectivity index (χ2v) is 1.88. The molecule has 0 aromatic carbocycles. The Morgan fingerprint density at radius 1 is 1.75 bits per heavy atom. The van der Waals surface area contributed by atoms with Crippen molar-refractivity contribution in [3.8, 4) is 0 Å². The lowest BCUT2D eigenvalue weighted by Crippen LogP contribution is -2.11. The predicted octanol–water partition coefficient (Wildman–Crippen LogP) is 1.23. The fourth-order valence-electron chi connectivity index (χ4n) is 0.329. The van der Waals surface area contributed by atoms with Crippen molar-refractivity contribution < 1.29 is 0 Å². The predicted molar refractivity (Wildman–Crippen MR) is 33.8 cm³/mol. The van der Waals surface area contributed by atoms with Crippen LogP contribution >= 0.6 is 11.6 Å². The first-order valence-corrected chi connectivity index (χ1v) is 2.95. The molecule has 0 rings (SSSR count). The molecule has 0 fully saturated rings. The van der Waals surface area contributed by atoms with Crippen molar-refractivity contribution >= 4 is 11.6 Å². The van der Waals surface area contributed by atoms with E-state index in [9.17, 15) is 4.91 Å².